The number of para-hydroxylation sites is 2. The molecule has 20 heavy (non-hydrogen) atoms. The monoisotopic (exact) mass is 276 g/mol. The van der Waals surface area contributed by atoms with Gasteiger partial charge in [0.25, 0.3) is 0 Å². The quantitative estimate of drug-likeness (QED) is 0.808. The molecular weight excluding hydrogens is 256 g/mol. The SMILES string of the molecule is CN1CCN(C(=O)CC2COc3ccccc3O2)CC1. The van der Waals surface area contributed by atoms with E-state index in [4.69, 9.17) is 9.47 Å². The summed E-state index contributed by atoms with van der Waals surface area (Å²) in [4.78, 5) is 16.4. The van der Waals surface area contributed by atoms with Gasteiger partial charge in [0, 0.05) is 26.2 Å². The first-order chi connectivity index (χ1) is 9.72. The third-order valence-electron chi connectivity index (χ3n) is 3.83. The van der Waals surface area contributed by atoms with E-state index in [0.29, 0.717) is 13.0 Å². The molecule has 0 aromatic heterocycles. The molecule has 1 atom stereocenters. The molecule has 1 aromatic rings. The van der Waals surface area contributed by atoms with Crippen molar-refractivity contribution in [3.63, 3.8) is 0 Å². The van der Waals surface area contributed by atoms with Crippen LogP contribution in [-0.2, 0) is 4.79 Å². The molecule has 3 rings (SSSR count). The zero-order valence-corrected chi connectivity index (χ0v) is 11.7. The highest BCUT2D eigenvalue weighted by molar-refractivity contribution is 5.77. The number of carbonyl (C=O) groups excluding carboxylic acids is 1. The van der Waals surface area contributed by atoms with E-state index in [9.17, 15) is 4.79 Å². The van der Waals surface area contributed by atoms with E-state index in [2.05, 4.69) is 11.9 Å². The summed E-state index contributed by atoms with van der Waals surface area (Å²) in [6, 6.07) is 7.58. The van der Waals surface area contributed by atoms with Gasteiger partial charge < -0.3 is 19.3 Å². The maximum atomic E-state index is 12.3. The topological polar surface area (TPSA) is 42.0 Å². The first-order valence-electron chi connectivity index (χ1n) is 7.07. The van der Waals surface area contributed by atoms with Gasteiger partial charge in [-0.25, -0.2) is 0 Å². The Kier molecular flexibility index (Phi) is 3.78. The molecule has 5 nitrogen and oxygen atoms in total. The predicted molar refractivity (Wildman–Crippen MR) is 75.0 cm³/mol. The molecule has 0 radical (unpaired) electrons. The summed E-state index contributed by atoms with van der Waals surface area (Å²) in [5.74, 6) is 1.65. The van der Waals surface area contributed by atoms with E-state index in [0.717, 1.165) is 37.7 Å². The van der Waals surface area contributed by atoms with Crippen molar-refractivity contribution in [3.8, 4) is 11.5 Å². The number of fused-ring (bicyclic) bond motifs is 1. The second kappa shape index (κ2) is 5.71. The summed E-state index contributed by atoms with van der Waals surface area (Å²) in [7, 11) is 2.08. The van der Waals surface area contributed by atoms with Crippen molar-refractivity contribution in [1.29, 1.82) is 0 Å². The Balaban J connectivity index is 1.55. The van der Waals surface area contributed by atoms with Crippen LogP contribution in [0, 0.1) is 0 Å². The zero-order valence-electron chi connectivity index (χ0n) is 11.7. The van der Waals surface area contributed by atoms with Crippen LogP contribution >= 0.6 is 0 Å². The number of hydrogen-bond donors (Lipinski definition) is 0. The van der Waals surface area contributed by atoms with Crippen molar-refractivity contribution >= 4 is 5.91 Å². The van der Waals surface area contributed by atoms with E-state index in [1.54, 1.807) is 0 Å². The molecule has 1 amide bonds. The highest BCUT2D eigenvalue weighted by Gasteiger charge is 2.26. The number of carbonyl (C=O) groups is 1. The second-order valence-electron chi connectivity index (χ2n) is 5.39. The zero-order chi connectivity index (χ0) is 13.9. The molecule has 1 fully saturated rings. The van der Waals surface area contributed by atoms with E-state index in [1.165, 1.54) is 0 Å². The van der Waals surface area contributed by atoms with Gasteiger partial charge in [0.1, 0.15) is 12.7 Å². The lowest BCUT2D eigenvalue weighted by atomic mass is 10.2. The fourth-order valence-electron chi connectivity index (χ4n) is 2.54. The number of rotatable bonds is 2. The lowest BCUT2D eigenvalue weighted by Crippen LogP contribution is -2.48. The number of hydrogen-bond acceptors (Lipinski definition) is 4. The van der Waals surface area contributed by atoms with Crippen LogP contribution in [0.2, 0.25) is 0 Å². The van der Waals surface area contributed by atoms with Gasteiger partial charge >= 0.3 is 0 Å². The normalized spacial score (nSPS) is 22.6. The van der Waals surface area contributed by atoms with Crippen molar-refractivity contribution in [2.75, 3.05) is 39.8 Å². The molecular formula is C15H20N2O3. The molecule has 0 bridgehead atoms. The number of nitrogens with zero attached hydrogens (tertiary/aromatic N) is 2. The number of ether oxygens (including phenoxy) is 2. The first-order valence-corrected chi connectivity index (χ1v) is 7.07. The highest BCUT2D eigenvalue weighted by atomic mass is 16.6. The van der Waals surface area contributed by atoms with Gasteiger partial charge in [0.05, 0.1) is 6.42 Å². The van der Waals surface area contributed by atoms with Crippen molar-refractivity contribution in [2.45, 2.75) is 12.5 Å². The Bertz CT molecular complexity index is 484. The Labute approximate surface area is 119 Å². The highest BCUT2D eigenvalue weighted by Crippen LogP contribution is 2.31. The van der Waals surface area contributed by atoms with Crippen molar-refractivity contribution in [1.82, 2.24) is 9.80 Å². The first kappa shape index (κ1) is 13.2. The summed E-state index contributed by atoms with van der Waals surface area (Å²) in [6.07, 6.45) is 0.204. The molecule has 0 N–H and O–H groups in total. The van der Waals surface area contributed by atoms with Crippen molar-refractivity contribution in [3.05, 3.63) is 24.3 Å². The smallest absolute Gasteiger partial charge is 0.226 e. The Morgan fingerprint density at radius 1 is 1.20 bits per heavy atom. The van der Waals surface area contributed by atoms with Crippen LogP contribution in [0.25, 0.3) is 0 Å². The van der Waals surface area contributed by atoms with Gasteiger partial charge in [-0.15, -0.1) is 0 Å². The summed E-state index contributed by atoms with van der Waals surface area (Å²) < 4.78 is 11.5. The summed E-state index contributed by atoms with van der Waals surface area (Å²) in [5.41, 5.74) is 0. The van der Waals surface area contributed by atoms with Crippen LogP contribution in [0.5, 0.6) is 11.5 Å². The van der Waals surface area contributed by atoms with Crippen LogP contribution in [0.3, 0.4) is 0 Å². The standard InChI is InChI=1S/C15H20N2O3/c1-16-6-8-17(9-7-16)15(18)10-12-11-19-13-4-2-3-5-14(13)20-12/h2-5,12H,6-11H2,1H3. The summed E-state index contributed by atoms with van der Waals surface area (Å²) >= 11 is 0. The largest absolute Gasteiger partial charge is 0.486 e. The minimum atomic E-state index is -0.183. The van der Waals surface area contributed by atoms with Gasteiger partial charge in [0.2, 0.25) is 5.91 Å². The van der Waals surface area contributed by atoms with Gasteiger partial charge in [-0.1, -0.05) is 12.1 Å². The molecule has 5 heteroatoms. The predicted octanol–water partition coefficient (Wildman–Crippen LogP) is 0.990. The molecule has 2 heterocycles. The minimum absolute atomic E-state index is 0.158. The van der Waals surface area contributed by atoms with Crippen LogP contribution in [-0.4, -0.2) is 61.6 Å². The van der Waals surface area contributed by atoms with E-state index in [-0.39, 0.29) is 12.0 Å². The van der Waals surface area contributed by atoms with E-state index >= 15 is 0 Å². The Morgan fingerprint density at radius 2 is 1.90 bits per heavy atom. The molecule has 0 spiro atoms. The summed E-state index contributed by atoms with van der Waals surface area (Å²) in [6.45, 7) is 3.93. The van der Waals surface area contributed by atoms with Crippen LogP contribution in [0.1, 0.15) is 6.42 Å². The lowest BCUT2D eigenvalue weighted by Gasteiger charge is -2.34. The average Bonchev–Trinajstić information content (AvgIpc) is 2.48. The minimum Gasteiger partial charge on any atom is -0.486 e. The molecule has 1 aromatic carbocycles. The van der Waals surface area contributed by atoms with Crippen molar-refractivity contribution in [2.24, 2.45) is 0 Å². The van der Waals surface area contributed by atoms with Crippen LogP contribution in [0.4, 0.5) is 0 Å². The molecule has 0 aliphatic carbocycles. The second-order valence-corrected chi connectivity index (χ2v) is 5.39. The number of amides is 1. The van der Waals surface area contributed by atoms with Gasteiger partial charge in [-0.05, 0) is 19.2 Å². The molecule has 108 valence electrons. The molecule has 1 saturated heterocycles. The molecule has 0 saturated carbocycles. The van der Waals surface area contributed by atoms with Gasteiger partial charge in [0.15, 0.2) is 11.5 Å². The molecule has 2 aliphatic heterocycles. The molecule has 2 aliphatic rings. The van der Waals surface area contributed by atoms with Crippen molar-refractivity contribution < 1.29 is 14.3 Å². The van der Waals surface area contributed by atoms with Crippen LogP contribution < -0.4 is 9.47 Å². The van der Waals surface area contributed by atoms with E-state index in [1.807, 2.05) is 29.2 Å². The number of piperazine rings is 1. The third-order valence-corrected chi connectivity index (χ3v) is 3.83. The summed E-state index contributed by atoms with van der Waals surface area (Å²) in [5, 5.41) is 0. The number of benzene rings is 1. The number of likely N-dealkylation sites (N-methyl/N-ethyl adjacent to an activating group) is 1. The average molecular weight is 276 g/mol. The molecule has 1 unspecified atom stereocenters. The third kappa shape index (κ3) is 2.88. The fraction of sp³-hybridized carbons (Fsp3) is 0.533. The maximum Gasteiger partial charge on any atom is 0.226 e. The van der Waals surface area contributed by atoms with Gasteiger partial charge in [-0.2, -0.15) is 0 Å². The van der Waals surface area contributed by atoms with Crippen LogP contribution in [0.15, 0.2) is 24.3 Å². The Hall–Kier alpha value is -1.75. The maximum absolute atomic E-state index is 12.3. The lowest BCUT2D eigenvalue weighted by molar-refractivity contribution is -0.135. The van der Waals surface area contributed by atoms with Gasteiger partial charge in [-0.3, -0.25) is 4.79 Å². The fourth-order valence-corrected chi connectivity index (χ4v) is 2.54. The Morgan fingerprint density at radius 3 is 2.65 bits per heavy atom. The van der Waals surface area contributed by atoms with E-state index < -0.39 is 0 Å².